The van der Waals surface area contributed by atoms with Crippen LogP contribution in [-0.4, -0.2) is 4.98 Å². The average Bonchev–Trinajstić information content (AvgIpc) is 2.63. The minimum absolute atomic E-state index is 0.483. The SMILES string of the molecule is CCc1cc(C(C)C)c2ocnc2c1. The van der Waals surface area contributed by atoms with E-state index < -0.39 is 0 Å². The molecule has 1 aromatic heterocycles. The van der Waals surface area contributed by atoms with Gasteiger partial charge in [0.2, 0.25) is 0 Å². The molecule has 0 spiro atoms. The van der Waals surface area contributed by atoms with E-state index in [2.05, 4.69) is 37.9 Å². The molecule has 0 fully saturated rings. The number of nitrogens with zero attached hydrogens (tertiary/aromatic N) is 1. The van der Waals surface area contributed by atoms with E-state index in [1.54, 1.807) is 0 Å². The molecule has 2 rings (SSSR count). The summed E-state index contributed by atoms with van der Waals surface area (Å²) in [4.78, 5) is 4.20. The first kappa shape index (κ1) is 9.25. The second-order valence-corrected chi connectivity index (χ2v) is 3.89. The quantitative estimate of drug-likeness (QED) is 0.722. The Morgan fingerprint density at radius 3 is 2.79 bits per heavy atom. The number of benzene rings is 1. The van der Waals surface area contributed by atoms with Crippen molar-refractivity contribution in [1.82, 2.24) is 4.98 Å². The Balaban J connectivity index is 2.70. The van der Waals surface area contributed by atoms with Gasteiger partial charge in [-0.3, -0.25) is 0 Å². The molecule has 1 heterocycles. The topological polar surface area (TPSA) is 26.0 Å². The van der Waals surface area contributed by atoms with E-state index in [0.29, 0.717) is 5.92 Å². The van der Waals surface area contributed by atoms with Gasteiger partial charge in [0.05, 0.1) is 0 Å². The first-order valence-electron chi connectivity index (χ1n) is 5.08. The molecule has 0 aliphatic carbocycles. The van der Waals surface area contributed by atoms with Gasteiger partial charge in [0, 0.05) is 0 Å². The molecule has 0 amide bonds. The van der Waals surface area contributed by atoms with Gasteiger partial charge < -0.3 is 4.42 Å². The third-order valence-corrected chi connectivity index (χ3v) is 2.55. The Labute approximate surface area is 84.0 Å². The zero-order valence-electron chi connectivity index (χ0n) is 8.87. The fraction of sp³-hybridized carbons (Fsp3) is 0.417. The molecule has 0 saturated heterocycles. The molecule has 0 aliphatic heterocycles. The highest BCUT2D eigenvalue weighted by molar-refractivity contribution is 5.77. The minimum atomic E-state index is 0.483. The minimum Gasteiger partial charge on any atom is -0.443 e. The lowest BCUT2D eigenvalue weighted by Crippen LogP contribution is -1.91. The maximum atomic E-state index is 5.40. The number of fused-ring (bicyclic) bond motifs is 1. The van der Waals surface area contributed by atoms with Gasteiger partial charge >= 0.3 is 0 Å². The van der Waals surface area contributed by atoms with E-state index in [1.807, 2.05) is 0 Å². The highest BCUT2D eigenvalue weighted by Crippen LogP contribution is 2.26. The van der Waals surface area contributed by atoms with Gasteiger partial charge in [0.15, 0.2) is 12.0 Å². The Kier molecular flexibility index (Phi) is 2.28. The molecule has 2 aromatic rings. The van der Waals surface area contributed by atoms with Crippen LogP contribution in [0.2, 0.25) is 0 Å². The Hall–Kier alpha value is -1.31. The van der Waals surface area contributed by atoms with E-state index in [0.717, 1.165) is 17.5 Å². The molecule has 0 N–H and O–H groups in total. The summed E-state index contributed by atoms with van der Waals surface area (Å²) in [7, 11) is 0. The van der Waals surface area contributed by atoms with Gasteiger partial charge in [-0.1, -0.05) is 26.8 Å². The van der Waals surface area contributed by atoms with Gasteiger partial charge in [-0.2, -0.15) is 0 Å². The van der Waals surface area contributed by atoms with Crippen molar-refractivity contribution in [3.63, 3.8) is 0 Å². The average molecular weight is 189 g/mol. The normalized spacial score (nSPS) is 11.4. The molecule has 0 atom stereocenters. The van der Waals surface area contributed by atoms with Crippen LogP contribution < -0.4 is 0 Å². The summed E-state index contributed by atoms with van der Waals surface area (Å²) < 4.78 is 5.40. The Morgan fingerprint density at radius 1 is 1.36 bits per heavy atom. The van der Waals surface area contributed by atoms with Gasteiger partial charge in [-0.05, 0) is 29.5 Å². The number of hydrogen-bond acceptors (Lipinski definition) is 2. The van der Waals surface area contributed by atoms with E-state index in [4.69, 9.17) is 4.42 Å². The van der Waals surface area contributed by atoms with E-state index in [1.165, 1.54) is 17.5 Å². The summed E-state index contributed by atoms with van der Waals surface area (Å²) >= 11 is 0. The summed E-state index contributed by atoms with van der Waals surface area (Å²) in [6, 6.07) is 4.32. The van der Waals surface area contributed by atoms with Crippen molar-refractivity contribution >= 4 is 11.1 Å². The molecule has 14 heavy (non-hydrogen) atoms. The molecule has 0 bridgehead atoms. The second kappa shape index (κ2) is 3.45. The first-order chi connectivity index (χ1) is 6.72. The van der Waals surface area contributed by atoms with Crippen molar-refractivity contribution in [3.05, 3.63) is 29.7 Å². The van der Waals surface area contributed by atoms with Gasteiger partial charge in [-0.15, -0.1) is 0 Å². The Morgan fingerprint density at radius 2 is 2.14 bits per heavy atom. The van der Waals surface area contributed by atoms with Crippen LogP contribution in [-0.2, 0) is 6.42 Å². The second-order valence-electron chi connectivity index (χ2n) is 3.89. The van der Waals surface area contributed by atoms with Crippen LogP contribution in [0.25, 0.3) is 11.1 Å². The summed E-state index contributed by atoms with van der Waals surface area (Å²) in [5.74, 6) is 0.483. The maximum absolute atomic E-state index is 5.40. The van der Waals surface area contributed by atoms with E-state index >= 15 is 0 Å². The molecule has 2 heteroatoms. The highest BCUT2D eigenvalue weighted by atomic mass is 16.3. The summed E-state index contributed by atoms with van der Waals surface area (Å²) in [5, 5.41) is 0. The van der Waals surface area contributed by atoms with Crippen LogP contribution >= 0.6 is 0 Å². The fourth-order valence-corrected chi connectivity index (χ4v) is 1.69. The van der Waals surface area contributed by atoms with Crippen molar-refractivity contribution in [2.24, 2.45) is 0 Å². The lowest BCUT2D eigenvalue weighted by molar-refractivity contribution is 0.594. The number of rotatable bonds is 2. The van der Waals surface area contributed by atoms with Crippen molar-refractivity contribution in [1.29, 1.82) is 0 Å². The number of oxazole rings is 1. The summed E-state index contributed by atoms with van der Waals surface area (Å²) in [6.45, 7) is 6.51. The maximum Gasteiger partial charge on any atom is 0.181 e. The number of aryl methyl sites for hydroxylation is 1. The van der Waals surface area contributed by atoms with Crippen LogP contribution in [0.1, 0.15) is 37.8 Å². The number of hydrogen-bond donors (Lipinski definition) is 0. The smallest absolute Gasteiger partial charge is 0.181 e. The molecular weight excluding hydrogens is 174 g/mol. The predicted molar refractivity (Wildman–Crippen MR) is 57.5 cm³/mol. The lowest BCUT2D eigenvalue weighted by atomic mass is 9.98. The van der Waals surface area contributed by atoms with Crippen LogP contribution in [0, 0.1) is 0 Å². The van der Waals surface area contributed by atoms with Crippen molar-refractivity contribution in [2.75, 3.05) is 0 Å². The lowest BCUT2D eigenvalue weighted by Gasteiger charge is -2.07. The molecule has 74 valence electrons. The third kappa shape index (κ3) is 1.41. The van der Waals surface area contributed by atoms with Crippen molar-refractivity contribution < 1.29 is 4.42 Å². The molecule has 0 unspecified atom stereocenters. The third-order valence-electron chi connectivity index (χ3n) is 2.55. The zero-order valence-corrected chi connectivity index (χ0v) is 8.87. The zero-order chi connectivity index (χ0) is 10.1. The predicted octanol–water partition coefficient (Wildman–Crippen LogP) is 3.51. The van der Waals surface area contributed by atoms with Crippen molar-refractivity contribution in [3.8, 4) is 0 Å². The molecule has 0 aliphatic rings. The molecule has 2 nitrogen and oxygen atoms in total. The van der Waals surface area contributed by atoms with Crippen LogP contribution in [0.4, 0.5) is 0 Å². The molecule has 0 saturated carbocycles. The van der Waals surface area contributed by atoms with Gasteiger partial charge in [-0.25, -0.2) is 4.98 Å². The highest BCUT2D eigenvalue weighted by Gasteiger charge is 2.10. The van der Waals surface area contributed by atoms with Crippen LogP contribution in [0.15, 0.2) is 22.9 Å². The van der Waals surface area contributed by atoms with Crippen LogP contribution in [0.5, 0.6) is 0 Å². The largest absolute Gasteiger partial charge is 0.443 e. The van der Waals surface area contributed by atoms with E-state index in [-0.39, 0.29) is 0 Å². The van der Waals surface area contributed by atoms with E-state index in [9.17, 15) is 0 Å². The summed E-state index contributed by atoms with van der Waals surface area (Å²) in [6.07, 6.45) is 2.57. The fourth-order valence-electron chi connectivity index (χ4n) is 1.69. The monoisotopic (exact) mass is 189 g/mol. The summed E-state index contributed by atoms with van der Waals surface area (Å²) in [5.41, 5.74) is 4.51. The standard InChI is InChI=1S/C12H15NO/c1-4-9-5-10(8(2)3)12-11(6-9)13-7-14-12/h5-8H,4H2,1-3H3. The van der Waals surface area contributed by atoms with Crippen molar-refractivity contribution in [2.45, 2.75) is 33.1 Å². The molecular formula is C12H15NO. The molecule has 1 aromatic carbocycles. The Bertz CT molecular complexity index is 443. The van der Waals surface area contributed by atoms with Gasteiger partial charge in [0.25, 0.3) is 0 Å². The number of aromatic nitrogens is 1. The first-order valence-corrected chi connectivity index (χ1v) is 5.08. The molecule has 0 radical (unpaired) electrons. The van der Waals surface area contributed by atoms with Gasteiger partial charge in [0.1, 0.15) is 5.52 Å². The van der Waals surface area contributed by atoms with Crippen LogP contribution in [0.3, 0.4) is 0 Å².